The third kappa shape index (κ3) is 4.75. The van der Waals surface area contributed by atoms with E-state index in [-0.39, 0.29) is 6.54 Å². The summed E-state index contributed by atoms with van der Waals surface area (Å²) in [6.07, 6.45) is 0. The zero-order valence-electron chi connectivity index (χ0n) is 10.7. The zero-order chi connectivity index (χ0) is 13.8. The van der Waals surface area contributed by atoms with E-state index in [1.54, 1.807) is 18.2 Å². The van der Waals surface area contributed by atoms with Crippen molar-refractivity contribution in [2.75, 3.05) is 0 Å². The normalized spacial score (nSPS) is 10.9. The smallest absolute Gasteiger partial charge is 0.309 e. The second-order valence-corrected chi connectivity index (χ2v) is 5.39. The second kappa shape index (κ2) is 5.87. The van der Waals surface area contributed by atoms with Crippen LogP contribution in [0.4, 0.5) is 0 Å². The Balaban J connectivity index is 2.52. The fourth-order valence-electron chi connectivity index (χ4n) is 1.29. The number of hydrogen-bond donors (Lipinski definition) is 2. The highest BCUT2D eigenvalue weighted by Gasteiger charge is 2.19. The molecule has 2 amide bonds. The summed E-state index contributed by atoms with van der Waals surface area (Å²) in [4.78, 5) is 23.0. The fraction of sp³-hybridized carbons (Fsp3) is 0.385. The predicted molar refractivity (Wildman–Crippen MR) is 71.2 cm³/mol. The average molecular weight is 269 g/mol. The van der Waals surface area contributed by atoms with Crippen LogP contribution in [0.3, 0.4) is 0 Å². The van der Waals surface area contributed by atoms with E-state index >= 15 is 0 Å². The Morgan fingerprint density at radius 3 is 2.33 bits per heavy atom. The molecule has 2 N–H and O–H groups in total. The molecule has 5 heteroatoms. The predicted octanol–water partition coefficient (Wildman–Crippen LogP) is 1.87. The van der Waals surface area contributed by atoms with Gasteiger partial charge >= 0.3 is 11.8 Å². The maximum atomic E-state index is 11.5. The van der Waals surface area contributed by atoms with Crippen LogP contribution in [0.5, 0.6) is 0 Å². The van der Waals surface area contributed by atoms with E-state index in [1.165, 1.54) is 0 Å². The Morgan fingerprint density at radius 2 is 1.78 bits per heavy atom. The number of hydrogen-bond acceptors (Lipinski definition) is 2. The molecule has 1 aromatic carbocycles. The molecule has 0 saturated carbocycles. The van der Waals surface area contributed by atoms with E-state index in [0.29, 0.717) is 5.02 Å². The van der Waals surface area contributed by atoms with Crippen LogP contribution in [0.15, 0.2) is 24.3 Å². The van der Waals surface area contributed by atoms with Gasteiger partial charge in [0.1, 0.15) is 0 Å². The van der Waals surface area contributed by atoms with Gasteiger partial charge < -0.3 is 10.6 Å². The number of benzene rings is 1. The van der Waals surface area contributed by atoms with Crippen molar-refractivity contribution >= 4 is 23.4 Å². The van der Waals surface area contributed by atoms with Gasteiger partial charge in [0.25, 0.3) is 0 Å². The molecule has 4 nitrogen and oxygen atoms in total. The monoisotopic (exact) mass is 268 g/mol. The number of carbonyl (C=O) groups excluding carboxylic acids is 2. The Labute approximate surface area is 112 Å². The lowest BCUT2D eigenvalue weighted by Crippen LogP contribution is -2.48. The molecule has 1 rings (SSSR count). The molecule has 18 heavy (non-hydrogen) atoms. The summed E-state index contributed by atoms with van der Waals surface area (Å²) in [6.45, 7) is 5.67. The minimum absolute atomic E-state index is 0.232. The third-order valence-electron chi connectivity index (χ3n) is 2.09. The Kier molecular flexibility index (Phi) is 4.73. The minimum atomic E-state index is -0.662. The first kappa shape index (κ1) is 14.5. The molecule has 0 unspecified atom stereocenters. The molecule has 0 spiro atoms. The first-order valence-electron chi connectivity index (χ1n) is 5.63. The lowest BCUT2D eigenvalue weighted by atomic mass is 10.1. The molecule has 0 aliphatic carbocycles. The lowest BCUT2D eigenvalue weighted by Gasteiger charge is -2.19. The Hall–Kier alpha value is -1.55. The summed E-state index contributed by atoms with van der Waals surface area (Å²) < 4.78 is 0. The topological polar surface area (TPSA) is 58.2 Å². The van der Waals surface area contributed by atoms with Crippen LogP contribution < -0.4 is 10.6 Å². The largest absolute Gasteiger partial charge is 0.344 e. The van der Waals surface area contributed by atoms with Crippen LogP contribution >= 0.6 is 11.6 Å². The van der Waals surface area contributed by atoms with Crippen LogP contribution in [-0.2, 0) is 16.1 Å². The van der Waals surface area contributed by atoms with Gasteiger partial charge in [-0.25, -0.2) is 0 Å². The van der Waals surface area contributed by atoms with E-state index in [4.69, 9.17) is 11.6 Å². The van der Waals surface area contributed by atoms with Crippen LogP contribution in [0.1, 0.15) is 26.3 Å². The highest BCUT2D eigenvalue weighted by atomic mass is 35.5. The molecule has 0 aliphatic rings. The van der Waals surface area contributed by atoms with Crippen molar-refractivity contribution in [1.29, 1.82) is 0 Å². The molecule has 0 saturated heterocycles. The van der Waals surface area contributed by atoms with Crippen molar-refractivity contribution in [1.82, 2.24) is 10.6 Å². The number of halogens is 1. The van der Waals surface area contributed by atoms with Gasteiger partial charge in [-0.1, -0.05) is 29.8 Å². The van der Waals surface area contributed by atoms with Crippen LogP contribution in [0, 0.1) is 0 Å². The van der Waals surface area contributed by atoms with E-state index in [9.17, 15) is 9.59 Å². The Morgan fingerprint density at radius 1 is 1.17 bits per heavy atom. The molecule has 0 aliphatic heterocycles. The van der Waals surface area contributed by atoms with Gasteiger partial charge in [-0.15, -0.1) is 0 Å². The van der Waals surface area contributed by atoms with Crippen molar-refractivity contribution in [3.8, 4) is 0 Å². The summed E-state index contributed by atoms with van der Waals surface area (Å²) in [7, 11) is 0. The number of carbonyl (C=O) groups is 2. The van der Waals surface area contributed by atoms with Crippen molar-refractivity contribution in [2.24, 2.45) is 0 Å². The minimum Gasteiger partial charge on any atom is -0.344 e. The highest BCUT2D eigenvalue weighted by Crippen LogP contribution is 2.14. The molecule has 0 aromatic heterocycles. The van der Waals surface area contributed by atoms with Crippen LogP contribution in [0.2, 0.25) is 5.02 Å². The van der Waals surface area contributed by atoms with Crippen LogP contribution in [0.25, 0.3) is 0 Å². The summed E-state index contributed by atoms with van der Waals surface area (Å²) in [5.41, 5.74) is 0.342. The van der Waals surface area contributed by atoms with Gasteiger partial charge in [0.2, 0.25) is 0 Å². The Bertz CT molecular complexity index is 453. The van der Waals surface area contributed by atoms with Crippen LogP contribution in [-0.4, -0.2) is 17.4 Å². The fourth-order valence-corrected chi connectivity index (χ4v) is 1.50. The van der Waals surface area contributed by atoms with E-state index in [1.807, 2.05) is 26.8 Å². The summed E-state index contributed by atoms with van der Waals surface area (Å²) in [6, 6.07) is 7.16. The molecule has 0 bridgehead atoms. The van der Waals surface area contributed by atoms with Gasteiger partial charge in [0, 0.05) is 17.1 Å². The molecule has 0 radical (unpaired) electrons. The van der Waals surface area contributed by atoms with Gasteiger partial charge in [-0.2, -0.15) is 0 Å². The highest BCUT2D eigenvalue weighted by molar-refractivity contribution is 6.35. The molecular weight excluding hydrogens is 252 g/mol. The summed E-state index contributed by atoms with van der Waals surface area (Å²) in [5.74, 6) is -1.31. The maximum Gasteiger partial charge on any atom is 0.309 e. The second-order valence-electron chi connectivity index (χ2n) is 4.98. The number of amides is 2. The SMILES string of the molecule is CC(C)(C)NC(=O)C(=O)NCc1ccccc1Cl. The van der Waals surface area contributed by atoms with Gasteiger partial charge in [0.05, 0.1) is 0 Å². The quantitative estimate of drug-likeness (QED) is 0.805. The number of rotatable bonds is 2. The third-order valence-corrected chi connectivity index (χ3v) is 2.46. The zero-order valence-corrected chi connectivity index (χ0v) is 11.5. The molecular formula is C13H17ClN2O2. The van der Waals surface area contributed by atoms with Gasteiger partial charge in [-0.05, 0) is 32.4 Å². The van der Waals surface area contributed by atoms with Crippen molar-refractivity contribution < 1.29 is 9.59 Å². The van der Waals surface area contributed by atoms with Crippen molar-refractivity contribution in [3.05, 3.63) is 34.9 Å². The number of nitrogens with one attached hydrogen (secondary N) is 2. The van der Waals surface area contributed by atoms with E-state index in [2.05, 4.69) is 10.6 Å². The first-order valence-corrected chi connectivity index (χ1v) is 6.01. The summed E-state index contributed by atoms with van der Waals surface area (Å²) in [5, 5.41) is 5.68. The summed E-state index contributed by atoms with van der Waals surface area (Å²) >= 11 is 5.94. The van der Waals surface area contributed by atoms with E-state index in [0.717, 1.165) is 5.56 Å². The molecule has 0 fully saturated rings. The molecule has 98 valence electrons. The van der Waals surface area contributed by atoms with Gasteiger partial charge in [-0.3, -0.25) is 9.59 Å². The first-order chi connectivity index (χ1) is 8.29. The standard InChI is InChI=1S/C13H17ClN2O2/c1-13(2,3)16-12(18)11(17)15-8-9-6-4-5-7-10(9)14/h4-7H,8H2,1-3H3,(H,15,17)(H,16,18). The maximum absolute atomic E-state index is 11.5. The molecule has 0 heterocycles. The molecule has 0 atom stereocenters. The van der Waals surface area contributed by atoms with Crippen molar-refractivity contribution in [2.45, 2.75) is 32.9 Å². The lowest BCUT2D eigenvalue weighted by molar-refractivity contribution is -0.140. The average Bonchev–Trinajstić information content (AvgIpc) is 2.25. The van der Waals surface area contributed by atoms with E-state index < -0.39 is 17.4 Å². The molecule has 1 aromatic rings. The van der Waals surface area contributed by atoms with Crippen molar-refractivity contribution in [3.63, 3.8) is 0 Å². The van der Waals surface area contributed by atoms with Gasteiger partial charge in [0.15, 0.2) is 0 Å².